The van der Waals surface area contributed by atoms with E-state index in [1.165, 1.54) is 0 Å². The summed E-state index contributed by atoms with van der Waals surface area (Å²) in [6.45, 7) is 22.4. The number of aliphatic hydroxyl groups excluding tert-OH is 2. The van der Waals surface area contributed by atoms with Gasteiger partial charge in [-0.1, -0.05) is 27.7 Å². The second kappa shape index (κ2) is 19.9. The van der Waals surface area contributed by atoms with Gasteiger partial charge in [0.25, 0.3) is 0 Å². The first-order valence-electron chi connectivity index (χ1n) is 20.8. The first-order chi connectivity index (χ1) is 27.6. The van der Waals surface area contributed by atoms with Crippen molar-refractivity contribution in [3.05, 3.63) is 69.3 Å². The third kappa shape index (κ3) is 10.5. The topological polar surface area (TPSA) is 174 Å². The molecule has 0 saturated heterocycles. The monoisotopic (exact) mass is 796 g/mol. The van der Waals surface area contributed by atoms with Crippen LogP contribution in [-0.4, -0.2) is 87.6 Å². The summed E-state index contributed by atoms with van der Waals surface area (Å²) in [5.74, 6) is 0.442. The Morgan fingerprint density at radius 2 is 1.14 bits per heavy atom. The van der Waals surface area contributed by atoms with Gasteiger partial charge in [0.05, 0.1) is 48.2 Å². The van der Waals surface area contributed by atoms with E-state index in [9.17, 15) is 19.8 Å². The van der Waals surface area contributed by atoms with Crippen molar-refractivity contribution in [3.63, 3.8) is 0 Å². The summed E-state index contributed by atoms with van der Waals surface area (Å²) in [4.78, 5) is 43.5. The van der Waals surface area contributed by atoms with Crippen LogP contribution < -0.4 is 10.6 Å². The molecule has 2 aliphatic heterocycles. The predicted molar refractivity (Wildman–Crippen MR) is 233 cm³/mol. The zero-order valence-electron chi connectivity index (χ0n) is 36.1. The van der Waals surface area contributed by atoms with E-state index in [2.05, 4.69) is 101 Å². The minimum absolute atomic E-state index is 0.127. The lowest BCUT2D eigenvalue weighted by Crippen LogP contribution is -2.26. The fraction of sp³-hybridized carbons (Fsp3) is 0.522. The second-order valence-corrected chi connectivity index (χ2v) is 16.4. The maximum absolute atomic E-state index is 12.8. The van der Waals surface area contributed by atoms with Gasteiger partial charge in [-0.15, -0.1) is 0 Å². The number of fused-ring (bicyclic) bond motifs is 8. The largest absolute Gasteiger partial charge is 0.395 e. The Morgan fingerprint density at radius 1 is 0.638 bits per heavy atom. The zero-order chi connectivity index (χ0) is 42.3. The maximum atomic E-state index is 12.8. The molecule has 2 amide bonds. The van der Waals surface area contributed by atoms with E-state index in [-0.39, 0.29) is 63.2 Å². The highest BCUT2D eigenvalue weighted by atomic mass is 16.5. The van der Waals surface area contributed by atoms with Crippen LogP contribution in [0.4, 0.5) is 0 Å². The Labute approximate surface area is 343 Å². The Balaban J connectivity index is 1.84. The molecule has 12 heteroatoms. The van der Waals surface area contributed by atoms with Gasteiger partial charge in [0.2, 0.25) is 11.8 Å². The molecule has 3 aromatic rings. The number of aromatic nitrogens is 4. The van der Waals surface area contributed by atoms with Crippen molar-refractivity contribution in [2.24, 2.45) is 11.8 Å². The van der Waals surface area contributed by atoms with Crippen LogP contribution in [0.3, 0.4) is 0 Å². The zero-order valence-corrected chi connectivity index (χ0v) is 36.1. The van der Waals surface area contributed by atoms with Crippen LogP contribution in [-0.2, 0) is 25.5 Å². The molecule has 2 aliphatic rings. The van der Waals surface area contributed by atoms with E-state index in [0.29, 0.717) is 37.9 Å². The standard InChI is InChI=1S/C46H64N6O6/c1-25(2)23-57-31(9)45-29(7)37-19-35-27(5)33(11-13-43(55)47-15-17-53)39(49-35)22-40-34(12-14-44(56)48-16-18-54)28(6)36(50-40)20-41-46(32(10)58-24-26(3)4)30(8)38(52-41)21-42(45)51-37/h19-22,25-26,31-32,49,52-54H,11-18,23-24H2,1-10H3,(H,47,55)(H,48,56). The van der Waals surface area contributed by atoms with Crippen LogP contribution in [0.25, 0.3) is 44.4 Å². The van der Waals surface area contributed by atoms with Crippen LogP contribution in [0.5, 0.6) is 0 Å². The maximum Gasteiger partial charge on any atom is 0.220 e. The van der Waals surface area contributed by atoms with Gasteiger partial charge in [-0.3, -0.25) is 9.59 Å². The van der Waals surface area contributed by atoms with Gasteiger partial charge >= 0.3 is 0 Å². The molecule has 0 aromatic carbocycles. The van der Waals surface area contributed by atoms with Crippen molar-refractivity contribution in [1.29, 1.82) is 0 Å². The SMILES string of the molecule is CC1=C(CCC(=O)NCCO)c2cc3[nH]c(cc4nc(cc5[nH]c(cc1n2)c(C(C)OCC(C)C)c5C)C(C(C)OCC(C)C)=C4C)c(C)c3CCC(=O)NCCO. The average molecular weight is 797 g/mol. The van der Waals surface area contributed by atoms with Gasteiger partial charge in [-0.25, -0.2) is 9.97 Å². The van der Waals surface area contributed by atoms with Gasteiger partial charge in [-0.05, 0) is 124 Å². The number of aliphatic hydroxyl groups is 2. The number of allylic oxidation sites excluding steroid dienone is 3. The van der Waals surface area contributed by atoms with Crippen LogP contribution in [0.1, 0.15) is 126 Å². The minimum atomic E-state index is -0.215. The number of ether oxygens (including phenoxy) is 2. The summed E-state index contributed by atoms with van der Waals surface area (Å²) in [5, 5.41) is 24.1. The highest BCUT2D eigenvalue weighted by molar-refractivity contribution is 5.96. The number of nitrogens with zero attached hydrogens (tertiary/aromatic N) is 2. The first kappa shape index (κ1) is 44.5. The minimum Gasteiger partial charge on any atom is -0.395 e. The third-order valence-electron chi connectivity index (χ3n) is 10.9. The van der Waals surface area contributed by atoms with Gasteiger partial charge in [-0.2, -0.15) is 0 Å². The molecule has 0 radical (unpaired) electrons. The quantitative estimate of drug-likeness (QED) is 0.0767. The fourth-order valence-electron chi connectivity index (χ4n) is 7.71. The number of hydrogen-bond donors (Lipinski definition) is 6. The Bertz CT molecular complexity index is 2210. The summed E-state index contributed by atoms with van der Waals surface area (Å²) in [5.41, 5.74) is 14.7. The van der Waals surface area contributed by atoms with E-state index in [4.69, 9.17) is 19.4 Å². The summed E-state index contributed by atoms with van der Waals surface area (Å²) in [6, 6.07) is 8.31. The van der Waals surface area contributed by atoms with Crippen molar-refractivity contribution in [3.8, 4) is 0 Å². The molecule has 3 aromatic heterocycles. The molecule has 5 heterocycles. The predicted octanol–water partition coefficient (Wildman–Crippen LogP) is 7.52. The lowest BCUT2D eigenvalue weighted by Gasteiger charge is -2.17. The van der Waals surface area contributed by atoms with Crippen molar-refractivity contribution < 1.29 is 29.3 Å². The molecule has 58 heavy (non-hydrogen) atoms. The first-order valence-corrected chi connectivity index (χ1v) is 20.8. The number of rotatable bonds is 18. The lowest BCUT2D eigenvalue weighted by molar-refractivity contribution is -0.121. The van der Waals surface area contributed by atoms with Crippen LogP contribution in [0.2, 0.25) is 0 Å². The van der Waals surface area contributed by atoms with Crippen LogP contribution >= 0.6 is 0 Å². The lowest BCUT2D eigenvalue weighted by atomic mass is 9.99. The number of carbonyl (C=O) groups excluding carboxylic acids is 2. The molecule has 2 atom stereocenters. The van der Waals surface area contributed by atoms with E-state index in [1.54, 1.807) is 0 Å². The normalized spacial score (nSPS) is 14.2. The Morgan fingerprint density at radius 3 is 1.76 bits per heavy atom. The van der Waals surface area contributed by atoms with Gasteiger partial charge in [0, 0.05) is 72.3 Å². The van der Waals surface area contributed by atoms with Crippen LogP contribution in [0.15, 0.2) is 24.3 Å². The van der Waals surface area contributed by atoms with Gasteiger partial charge in [0.1, 0.15) is 0 Å². The van der Waals surface area contributed by atoms with E-state index in [1.807, 2.05) is 13.0 Å². The Hall–Kier alpha value is -4.62. The number of nitrogens with one attached hydrogen (secondary N) is 4. The molecule has 0 saturated carbocycles. The number of H-pyrrole nitrogens is 2. The van der Waals surface area contributed by atoms with Crippen molar-refractivity contribution in [2.45, 2.75) is 107 Å². The van der Waals surface area contributed by atoms with Gasteiger partial charge in [0.15, 0.2) is 0 Å². The number of carbonyl (C=O) groups is 2. The summed E-state index contributed by atoms with van der Waals surface area (Å²) < 4.78 is 12.9. The van der Waals surface area contributed by atoms with Crippen molar-refractivity contribution >= 4 is 56.2 Å². The van der Waals surface area contributed by atoms with E-state index in [0.717, 1.165) is 89.4 Å². The molecule has 314 valence electrons. The third-order valence-corrected chi connectivity index (χ3v) is 10.9. The summed E-state index contributed by atoms with van der Waals surface area (Å²) >= 11 is 0. The molecule has 5 rings (SSSR count). The molecule has 0 spiro atoms. The molecule has 8 bridgehead atoms. The number of aromatic amines is 2. The molecular weight excluding hydrogens is 733 g/mol. The molecule has 12 nitrogen and oxygen atoms in total. The summed E-state index contributed by atoms with van der Waals surface area (Å²) in [6.07, 6.45) is 0.934. The van der Waals surface area contributed by atoms with Crippen LogP contribution in [0, 0.1) is 25.7 Å². The van der Waals surface area contributed by atoms with Gasteiger partial charge < -0.3 is 40.3 Å². The van der Waals surface area contributed by atoms with Crippen molar-refractivity contribution in [2.75, 3.05) is 39.5 Å². The molecular formula is C46H64N6O6. The number of amides is 2. The molecule has 0 fully saturated rings. The summed E-state index contributed by atoms with van der Waals surface area (Å²) in [7, 11) is 0. The number of aryl methyl sites for hydroxylation is 3. The number of hydrogen-bond acceptors (Lipinski definition) is 8. The average Bonchev–Trinajstić information content (AvgIpc) is 3.85. The second-order valence-electron chi connectivity index (χ2n) is 16.4. The fourth-order valence-corrected chi connectivity index (χ4v) is 7.71. The highest BCUT2D eigenvalue weighted by Gasteiger charge is 2.26. The highest BCUT2D eigenvalue weighted by Crippen LogP contribution is 2.38. The molecule has 0 aliphatic carbocycles. The van der Waals surface area contributed by atoms with E-state index >= 15 is 0 Å². The smallest absolute Gasteiger partial charge is 0.220 e. The molecule has 6 N–H and O–H groups in total. The van der Waals surface area contributed by atoms with Crippen molar-refractivity contribution in [1.82, 2.24) is 30.6 Å². The Kier molecular flexibility index (Phi) is 15.3. The van der Waals surface area contributed by atoms with E-state index < -0.39 is 0 Å². The molecule has 2 unspecified atom stereocenters.